The van der Waals surface area contributed by atoms with Gasteiger partial charge in [-0.05, 0) is 48.1 Å². The van der Waals surface area contributed by atoms with Gasteiger partial charge in [-0.15, -0.1) is 0 Å². The summed E-state index contributed by atoms with van der Waals surface area (Å²) in [4.78, 5) is 0. The van der Waals surface area contributed by atoms with Crippen molar-refractivity contribution in [2.75, 3.05) is 6.61 Å². The number of benzene rings is 1. The molecule has 0 aromatic heterocycles. The smallest absolute Gasteiger partial charge is 0.0726 e. The molecular formula is C20H24O. The predicted octanol–water partition coefficient (Wildman–Crippen LogP) is 4.64. The molecule has 5 rings (SSSR count). The van der Waals surface area contributed by atoms with E-state index >= 15 is 0 Å². The SMILES string of the molecule is CC1(C)[C@@H]2CC[C@@]3(C)OC[C@@H]4c5ccccc5C=C([C@H]21)[C@H]43. The normalized spacial score (nSPS) is 45.0. The van der Waals surface area contributed by atoms with Crippen LogP contribution in [0.5, 0.6) is 0 Å². The molecule has 1 heteroatoms. The maximum Gasteiger partial charge on any atom is 0.0726 e. The number of hydrogen-bond donors (Lipinski definition) is 0. The van der Waals surface area contributed by atoms with Crippen LogP contribution in [0.25, 0.3) is 6.08 Å². The second kappa shape index (κ2) is 3.63. The third-order valence-corrected chi connectivity index (χ3v) is 7.09. The summed E-state index contributed by atoms with van der Waals surface area (Å²) in [5, 5.41) is 0. The van der Waals surface area contributed by atoms with Crippen molar-refractivity contribution in [3.8, 4) is 0 Å². The fourth-order valence-electron chi connectivity index (χ4n) is 5.89. The van der Waals surface area contributed by atoms with Crippen molar-refractivity contribution in [1.82, 2.24) is 0 Å². The van der Waals surface area contributed by atoms with Crippen LogP contribution >= 0.6 is 0 Å². The van der Waals surface area contributed by atoms with Crippen molar-refractivity contribution in [1.29, 1.82) is 0 Å². The first-order valence-electron chi connectivity index (χ1n) is 8.47. The zero-order chi connectivity index (χ0) is 14.4. The van der Waals surface area contributed by atoms with Crippen LogP contribution in [-0.2, 0) is 4.74 Å². The van der Waals surface area contributed by atoms with Crippen molar-refractivity contribution in [2.45, 2.75) is 45.1 Å². The van der Waals surface area contributed by atoms with Gasteiger partial charge >= 0.3 is 0 Å². The molecule has 2 saturated carbocycles. The van der Waals surface area contributed by atoms with Crippen LogP contribution in [0.2, 0.25) is 0 Å². The third-order valence-electron chi connectivity index (χ3n) is 7.09. The molecule has 0 N–H and O–H groups in total. The monoisotopic (exact) mass is 280 g/mol. The minimum Gasteiger partial charge on any atom is -0.374 e. The summed E-state index contributed by atoms with van der Waals surface area (Å²) in [5.41, 5.74) is 5.27. The fourth-order valence-corrected chi connectivity index (χ4v) is 5.89. The van der Waals surface area contributed by atoms with Crippen molar-refractivity contribution in [3.63, 3.8) is 0 Å². The second-order valence-corrected chi connectivity index (χ2v) is 8.43. The van der Waals surface area contributed by atoms with E-state index < -0.39 is 0 Å². The maximum absolute atomic E-state index is 6.39. The first kappa shape index (κ1) is 12.5. The Balaban J connectivity index is 1.73. The lowest BCUT2D eigenvalue weighted by Crippen LogP contribution is -2.36. The van der Waals surface area contributed by atoms with Gasteiger partial charge < -0.3 is 4.74 Å². The Morgan fingerprint density at radius 3 is 2.76 bits per heavy atom. The van der Waals surface area contributed by atoms with E-state index in [1.165, 1.54) is 24.0 Å². The Morgan fingerprint density at radius 2 is 1.90 bits per heavy atom. The molecule has 0 radical (unpaired) electrons. The van der Waals surface area contributed by atoms with Crippen LogP contribution in [0.4, 0.5) is 0 Å². The molecule has 0 unspecified atom stereocenters. The summed E-state index contributed by atoms with van der Waals surface area (Å²) in [5.74, 6) is 2.87. The van der Waals surface area contributed by atoms with Gasteiger partial charge in [0.2, 0.25) is 0 Å². The van der Waals surface area contributed by atoms with E-state index in [0.717, 1.165) is 18.4 Å². The van der Waals surface area contributed by atoms with E-state index in [1.54, 1.807) is 5.57 Å². The first-order valence-corrected chi connectivity index (χ1v) is 8.47. The van der Waals surface area contributed by atoms with E-state index in [-0.39, 0.29) is 5.60 Å². The van der Waals surface area contributed by atoms with Crippen LogP contribution in [0, 0.1) is 23.2 Å². The van der Waals surface area contributed by atoms with E-state index in [2.05, 4.69) is 51.1 Å². The zero-order valence-corrected chi connectivity index (χ0v) is 13.2. The largest absolute Gasteiger partial charge is 0.374 e. The van der Waals surface area contributed by atoms with Crippen molar-refractivity contribution in [3.05, 3.63) is 41.0 Å². The molecule has 3 aliphatic carbocycles. The van der Waals surface area contributed by atoms with Crippen LogP contribution in [-0.4, -0.2) is 12.2 Å². The van der Waals surface area contributed by atoms with E-state index in [9.17, 15) is 0 Å². The highest BCUT2D eigenvalue weighted by atomic mass is 16.5. The molecule has 1 aliphatic heterocycles. The third kappa shape index (κ3) is 1.41. The van der Waals surface area contributed by atoms with E-state index in [0.29, 0.717) is 17.3 Å². The van der Waals surface area contributed by atoms with E-state index in [1.807, 2.05) is 0 Å². The standard InChI is InChI=1S/C20H24O/c1-19(2)16-8-9-20(3)17-14(18(16)19)10-12-6-4-5-7-13(12)15(17)11-21-20/h4-7,10,15-18H,8-9,11H2,1-3H3/t15-,16-,17-,18-,20-/m1/s1. The van der Waals surface area contributed by atoms with Crippen LogP contribution in [0.3, 0.4) is 0 Å². The molecule has 5 atom stereocenters. The van der Waals surface area contributed by atoms with Crippen LogP contribution in [0.15, 0.2) is 29.8 Å². The number of ether oxygens (including phenoxy) is 1. The highest BCUT2D eigenvalue weighted by molar-refractivity contribution is 5.65. The van der Waals surface area contributed by atoms with Gasteiger partial charge in [-0.1, -0.05) is 49.8 Å². The lowest BCUT2D eigenvalue weighted by atomic mass is 9.67. The second-order valence-electron chi connectivity index (χ2n) is 8.43. The van der Waals surface area contributed by atoms with Gasteiger partial charge in [-0.2, -0.15) is 0 Å². The summed E-state index contributed by atoms with van der Waals surface area (Å²) in [6.07, 6.45) is 5.10. The van der Waals surface area contributed by atoms with Gasteiger partial charge in [0, 0.05) is 11.8 Å². The minimum absolute atomic E-state index is 0.0769. The number of rotatable bonds is 0. The van der Waals surface area contributed by atoms with Crippen molar-refractivity contribution < 1.29 is 4.74 Å². The molecule has 110 valence electrons. The fraction of sp³-hybridized carbons (Fsp3) is 0.600. The lowest BCUT2D eigenvalue weighted by Gasteiger charge is -2.37. The van der Waals surface area contributed by atoms with Gasteiger partial charge in [0.05, 0.1) is 12.2 Å². The summed E-state index contributed by atoms with van der Waals surface area (Å²) >= 11 is 0. The zero-order valence-electron chi connectivity index (χ0n) is 13.2. The van der Waals surface area contributed by atoms with Crippen LogP contribution in [0.1, 0.15) is 50.7 Å². The summed E-state index contributed by atoms with van der Waals surface area (Å²) in [7, 11) is 0. The molecule has 0 amide bonds. The summed E-state index contributed by atoms with van der Waals surface area (Å²) in [6.45, 7) is 8.22. The number of hydrogen-bond acceptors (Lipinski definition) is 1. The van der Waals surface area contributed by atoms with Gasteiger partial charge in [-0.3, -0.25) is 0 Å². The molecule has 1 heterocycles. The Hall–Kier alpha value is -1.08. The average molecular weight is 280 g/mol. The first-order chi connectivity index (χ1) is 10.0. The molecule has 1 aromatic carbocycles. The Morgan fingerprint density at radius 1 is 1.10 bits per heavy atom. The Labute approximate surface area is 127 Å². The Bertz CT molecular complexity index is 656. The average Bonchev–Trinajstić information content (AvgIpc) is 2.89. The highest BCUT2D eigenvalue weighted by Crippen LogP contribution is 2.71. The van der Waals surface area contributed by atoms with Gasteiger partial charge in [-0.25, -0.2) is 0 Å². The molecule has 3 fully saturated rings. The van der Waals surface area contributed by atoms with Crippen molar-refractivity contribution >= 4 is 6.08 Å². The van der Waals surface area contributed by atoms with Gasteiger partial charge in [0.25, 0.3) is 0 Å². The summed E-state index contributed by atoms with van der Waals surface area (Å²) < 4.78 is 6.39. The maximum atomic E-state index is 6.39. The molecule has 1 saturated heterocycles. The quantitative estimate of drug-likeness (QED) is 0.673. The Kier molecular flexibility index (Phi) is 2.15. The molecule has 0 spiro atoms. The highest BCUT2D eigenvalue weighted by Gasteiger charge is 2.66. The molecule has 1 nitrogen and oxygen atoms in total. The molecule has 1 aromatic rings. The van der Waals surface area contributed by atoms with Crippen LogP contribution < -0.4 is 0 Å². The predicted molar refractivity (Wildman–Crippen MR) is 85.0 cm³/mol. The lowest BCUT2D eigenvalue weighted by molar-refractivity contribution is -0.00636. The minimum atomic E-state index is 0.0769. The molecule has 4 aliphatic rings. The topological polar surface area (TPSA) is 9.23 Å². The molecule has 21 heavy (non-hydrogen) atoms. The van der Waals surface area contributed by atoms with E-state index in [4.69, 9.17) is 4.74 Å². The summed E-state index contributed by atoms with van der Waals surface area (Å²) in [6, 6.07) is 8.98. The van der Waals surface area contributed by atoms with Gasteiger partial charge in [0.1, 0.15) is 0 Å². The van der Waals surface area contributed by atoms with Crippen molar-refractivity contribution in [2.24, 2.45) is 23.2 Å². The molecular weight excluding hydrogens is 256 g/mol. The molecule has 0 bridgehead atoms. The van der Waals surface area contributed by atoms with Gasteiger partial charge in [0.15, 0.2) is 0 Å². The number of fused-ring (bicyclic) bond motifs is 4.